The number of rotatable bonds is 10. The molecule has 5 nitrogen and oxygen atoms in total. The second kappa shape index (κ2) is 11.5. The van der Waals surface area contributed by atoms with E-state index in [1.807, 2.05) is 65.3 Å². The molecule has 0 fully saturated rings. The maximum Gasteiger partial charge on any atom is 0.250 e. The van der Waals surface area contributed by atoms with Crippen molar-refractivity contribution in [2.24, 2.45) is 10.5 Å². The third-order valence-corrected chi connectivity index (χ3v) is 7.03. The molecule has 1 unspecified atom stereocenters. The van der Waals surface area contributed by atoms with Crippen molar-refractivity contribution in [3.05, 3.63) is 63.6 Å². The summed E-state index contributed by atoms with van der Waals surface area (Å²) in [6.45, 7) is 3.32. The normalized spacial score (nSPS) is 18.0. The standard InChI is InChI=1S/C24H29BrClN3O2S/c1-24(13-4-14-32-3)16-28(27-23(24)18-5-9-20(26)10-6-18)15-22(30)29(17-31-2)21-11-7-19(25)8-12-21/h5-12H,4,13-17H2,1-3H3. The number of thioether (sulfide) groups is 1. The highest BCUT2D eigenvalue weighted by atomic mass is 79.9. The molecule has 1 amide bonds. The van der Waals surface area contributed by atoms with Gasteiger partial charge in [-0.15, -0.1) is 0 Å². The van der Waals surface area contributed by atoms with Gasteiger partial charge in [-0.05, 0) is 66.8 Å². The topological polar surface area (TPSA) is 45.1 Å². The zero-order chi connectivity index (χ0) is 23.1. The van der Waals surface area contributed by atoms with E-state index in [9.17, 15) is 4.79 Å². The Balaban J connectivity index is 1.82. The lowest BCUT2D eigenvalue weighted by atomic mass is 9.78. The van der Waals surface area contributed by atoms with Crippen molar-refractivity contribution in [3.63, 3.8) is 0 Å². The highest BCUT2D eigenvalue weighted by Crippen LogP contribution is 2.36. The van der Waals surface area contributed by atoms with Crippen LogP contribution in [0.25, 0.3) is 0 Å². The lowest BCUT2D eigenvalue weighted by Gasteiger charge is -2.28. The Morgan fingerprint density at radius 1 is 1.25 bits per heavy atom. The largest absolute Gasteiger partial charge is 0.364 e. The number of carbonyl (C=O) groups excluding carboxylic acids is 1. The zero-order valence-electron chi connectivity index (χ0n) is 18.7. The van der Waals surface area contributed by atoms with E-state index < -0.39 is 0 Å². The Hall–Kier alpha value is -1.54. The number of hydrazone groups is 1. The van der Waals surface area contributed by atoms with Crippen LogP contribution in [-0.4, -0.2) is 55.6 Å². The zero-order valence-corrected chi connectivity index (χ0v) is 21.8. The van der Waals surface area contributed by atoms with E-state index in [1.165, 1.54) is 0 Å². The first kappa shape index (κ1) is 25.1. The second-order valence-corrected chi connectivity index (χ2v) is 10.5. The Morgan fingerprint density at radius 3 is 2.56 bits per heavy atom. The van der Waals surface area contributed by atoms with Gasteiger partial charge in [-0.25, -0.2) is 0 Å². The molecule has 172 valence electrons. The number of nitrogens with zero attached hydrogens (tertiary/aromatic N) is 3. The van der Waals surface area contributed by atoms with Crippen molar-refractivity contribution in [1.29, 1.82) is 0 Å². The first-order chi connectivity index (χ1) is 15.4. The average Bonchev–Trinajstić information content (AvgIpc) is 3.09. The highest BCUT2D eigenvalue weighted by molar-refractivity contribution is 9.10. The van der Waals surface area contributed by atoms with Crippen molar-refractivity contribution >= 4 is 56.6 Å². The predicted molar refractivity (Wildman–Crippen MR) is 139 cm³/mol. The summed E-state index contributed by atoms with van der Waals surface area (Å²) in [6, 6.07) is 15.4. The molecule has 1 heterocycles. The summed E-state index contributed by atoms with van der Waals surface area (Å²) in [5.41, 5.74) is 2.74. The summed E-state index contributed by atoms with van der Waals surface area (Å²) in [5.74, 6) is 1.05. The minimum Gasteiger partial charge on any atom is -0.364 e. The SMILES string of the molecule is COCN(C(=O)CN1CC(C)(CCCSC)C(c2ccc(Cl)cc2)=N1)c1ccc(Br)cc1. The van der Waals surface area contributed by atoms with Crippen molar-refractivity contribution < 1.29 is 9.53 Å². The number of hydrogen-bond donors (Lipinski definition) is 0. The Morgan fingerprint density at radius 2 is 1.94 bits per heavy atom. The molecule has 0 N–H and O–H groups in total. The number of benzene rings is 2. The molecule has 8 heteroatoms. The third kappa shape index (κ3) is 6.28. The molecule has 32 heavy (non-hydrogen) atoms. The van der Waals surface area contributed by atoms with E-state index in [0.29, 0.717) is 11.6 Å². The quantitative estimate of drug-likeness (QED) is 0.279. The summed E-state index contributed by atoms with van der Waals surface area (Å²) >= 11 is 11.4. The predicted octanol–water partition coefficient (Wildman–Crippen LogP) is 5.91. The molecule has 0 bridgehead atoms. The lowest BCUT2D eigenvalue weighted by molar-refractivity contribution is -0.120. The number of ether oxygens (including phenoxy) is 1. The van der Waals surface area contributed by atoms with Gasteiger partial charge in [0.15, 0.2) is 0 Å². The van der Waals surface area contributed by atoms with Crippen molar-refractivity contribution in [2.75, 3.05) is 43.8 Å². The molecule has 1 atom stereocenters. The van der Waals surface area contributed by atoms with Gasteiger partial charge in [0.05, 0.1) is 5.71 Å². The van der Waals surface area contributed by atoms with E-state index >= 15 is 0 Å². The first-order valence-corrected chi connectivity index (χ1v) is 13.1. The van der Waals surface area contributed by atoms with E-state index in [0.717, 1.165) is 40.0 Å². The van der Waals surface area contributed by atoms with Gasteiger partial charge in [0, 0.05) is 34.3 Å². The lowest BCUT2D eigenvalue weighted by Crippen LogP contribution is -2.41. The highest BCUT2D eigenvalue weighted by Gasteiger charge is 2.39. The van der Waals surface area contributed by atoms with Gasteiger partial charge in [0.1, 0.15) is 13.3 Å². The molecule has 0 spiro atoms. The van der Waals surface area contributed by atoms with Crippen LogP contribution in [0, 0.1) is 5.41 Å². The van der Waals surface area contributed by atoms with Crippen molar-refractivity contribution in [1.82, 2.24) is 5.01 Å². The Bertz CT molecular complexity index is 939. The van der Waals surface area contributed by atoms with Crippen LogP contribution >= 0.6 is 39.3 Å². The summed E-state index contributed by atoms with van der Waals surface area (Å²) in [7, 11) is 1.59. The molecule has 0 saturated heterocycles. The van der Waals surface area contributed by atoms with Crippen LogP contribution in [-0.2, 0) is 9.53 Å². The molecule has 0 saturated carbocycles. The molecular weight excluding hydrogens is 510 g/mol. The fourth-order valence-electron chi connectivity index (χ4n) is 3.97. The molecule has 1 aliphatic heterocycles. The summed E-state index contributed by atoms with van der Waals surface area (Å²) in [4.78, 5) is 14.9. The molecule has 3 rings (SSSR count). The fourth-order valence-corrected chi connectivity index (χ4v) is 4.79. The van der Waals surface area contributed by atoms with Crippen LogP contribution in [0.1, 0.15) is 25.3 Å². The van der Waals surface area contributed by atoms with Crippen LogP contribution in [0.5, 0.6) is 0 Å². The second-order valence-electron chi connectivity index (χ2n) is 8.15. The first-order valence-electron chi connectivity index (χ1n) is 10.5. The summed E-state index contributed by atoms with van der Waals surface area (Å²) < 4.78 is 6.27. The van der Waals surface area contributed by atoms with Crippen molar-refractivity contribution in [3.8, 4) is 0 Å². The third-order valence-electron chi connectivity index (χ3n) is 5.55. The Kier molecular flexibility index (Phi) is 9.05. The fraction of sp³-hybridized carbons (Fsp3) is 0.417. The maximum absolute atomic E-state index is 13.2. The van der Waals surface area contributed by atoms with Crippen molar-refractivity contribution in [2.45, 2.75) is 19.8 Å². The minimum absolute atomic E-state index is 0.0539. The van der Waals surface area contributed by atoms with Crippen LogP contribution in [0.3, 0.4) is 0 Å². The molecule has 0 aliphatic carbocycles. The van der Waals surface area contributed by atoms with E-state index in [-0.39, 0.29) is 24.6 Å². The van der Waals surface area contributed by atoms with Crippen LogP contribution < -0.4 is 4.90 Å². The minimum atomic E-state index is -0.131. The van der Waals surface area contributed by atoms with E-state index in [4.69, 9.17) is 21.4 Å². The van der Waals surface area contributed by atoms with Gasteiger partial charge >= 0.3 is 0 Å². The average molecular weight is 539 g/mol. The monoisotopic (exact) mass is 537 g/mol. The smallest absolute Gasteiger partial charge is 0.250 e. The van der Waals surface area contributed by atoms with Crippen LogP contribution in [0.2, 0.25) is 5.02 Å². The van der Waals surface area contributed by atoms with Gasteiger partial charge in [0.25, 0.3) is 0 Å². The number of amides is 1. The van der Waals surface area contributed by atoms with Gasteiger partial charge in [-0.3, -0.25) is 14.7 Å². The number of anilines is 1. The van der Waals surface area contributed by atoms with E-state index in [1.54, 1.807) is 12.0 Å². The molecule has 2 aromatic rings. The van der Waals surface area contributed by atoms with Gasteiger partial charge in [-0.2, -0.15) is 16.9 Å². The summed E-state index contributed by atoms with van der Waals surface area (Å²) in [6.07, 6.45) is 4.23. The van der Waals surface area contributed by atoms with Crippen LogP contribution in [0.15, 0.2) is 58.1 Å². The molecule has 0 radical (unpaired) electrons. The van der Waals surface area contributed by atoms with Crippen LogP contribution in [0.4, 0.5) is 5.69 Å². The number of carbonyl (C=O) groups is 1. The Labute approximate surface area is 208 Å². The maximum atomic E-state index is 13.2. The number of halogens is 2. The van der Waals surface area contributed by atoms with Gasteiger partial charge < -0.3 is 4.74 Å². The van der Waals surface area contributed by atoms with Gasteiger partial charge in [-0.1, -0.05) is 46.6 Å². The number of methoxy groups -OCH3 is 1. The molecule has 0 aromatic heterocycles. The number of hydrogen-bond acceptors (Lipinski definition) is 5. The molecule has 1 aliphatic rings. The molecule has 2 aromatic carbocycles. The van der Waals surface area contributed by atoms with Gasteiger partial charge in [0.2, 0.25) is 5.91 Å². The van der Waals surface area contributed by atoms with E-state index in [2.05, 4.69) is 29.1 Å². The summed E-state index contributed by atoms with van der Waals surface area (Å²) in [5, 5.41) is 7.51. The molecular formula is C24H29BrClN3O2S.